The van der Waals surface area contributed by atoms with E-state index in [9.17, 15) is 0 Å². The Morgan fingerprint density at radius 2 is 1.10 bits per heavy atom. The van der Waals surface area contributed by atoms with E-state index in [2.05, 4.69) is 18.7 Å². The SMILES string of the molecule is CCCCCCCCCCCCCCCCCCc1cc[si](OC)c(OC)c1OC. The van der Waals surface area contributed by atoms with E-state index in [0.717, 1.165) is 17.5 Å². The maximum atomic E-state index is 5.63. The van der Waals surface area contributed by atoms with Crippen LogP contribution in [0.4, 0.5) is 0 Å². The van der Waals surface area contributed by atoms with Crippen molar-refractivity contribution in [3.63, 3.8) is 0 Å². The molecular formula is C26H48O3Si. The van der Waals surface area contributed by atoms with Gasteiger partial charge in [0.15, 0.2) is 11.1 Å². The lowest BCUT2D eigenvalue weighted by Crippen LogP contribution is -2.13. The van der Waals surface area contributed by atoms with E-state index in [4.69, 9.17) is 13.9 Å². The monoisotopic (exact) mass is 436 g/mol. The van der Waals surface area contributed by atoms with Gasteiger partial charge >= 0.3 is 8.64 Å². The minimum atomic E-state index is -1.20. The minimum Gasteiger partial charge on any atom is -0.548 e. The van der Waals surface area contributed by atoms with E-state index in [0.29, 0.717) is 0 Å². The topological polar surface area (TPSA) is 27.7 Å². The normalized spacial score (nSPS) is 10.9. The highest BCUT2D eigenvalue weighted by Gasteiger charge is 2.16. The van der Waals surface area contributed by atoms with Crippen LogP contribution < -0.4 is 13.9 Å². The fraction of sp³-hybridized carbons (Fsp3) is 0.808. The largest absolute Gasteiger partial charge is 0.548 e. The van der Waals surface area contributed by atoms with Gasteiger partial charge in [-0.2, -0.15) is 0 Å². The number of aryl methyl sites for hydroxylation is 1. The van der Waals surface area contributed by atoms with Gasteiger partial charge < -0.3 is 13.9 Å². The molecule has 1 heterocycles. The van der Waals surface area contributed by atoms with Crippen LogP contribution in [0.5, 0.6) is 11.1 Å². The Hall–Kier alpha value is -1.03. The molecule has 0 amide bonds. The molecule has 1 rings (SSSR count). The molecule has 0 radical (unpaired) electrons. The maximum absolute atomic E-state index is 5.63. The Balaban J connectivity index is 2.00. The predicted octanol–water partition coefficient (Wildman–Crippen LogP) is 7.59. The number of unbranched alkanes of at least 4 members (excludes halogenated alkanes) is 15. The summed E-state index contributed by atoms with van der Waals surface area (Å²) in [6, 6.07) is 2.18. The maximum Gasteiger partial charge on any atom is 0.312 e. The molecule has 0 spiro atoms. The molecule has 174 valence electrons. The van der Waals surface area contributed by atoms with Crippen LogP contribution >= 0.6 is 0 Å². The molecule has 0 unspecified atom stereocenters. The van der Waals surface area contributed by atoms with Gasteiger partial charge in [0.2, 0.25) is 0 Å². The Kier molecular flexibility index (Phi) is 16.8. The summed E-state index contributed by atoms with van der Waals surface area (Å²) in [7, 11) is 3.99. The summed E-state index contributed by atoms with van der Waals surface area (Å²) in [4.78, 5) is 0. The second-order valence-electron chi connectivity index (χ2n) is 8.55. The molecule has 1 aromatic rings. The third-order valence-corrected chi connectivity index (χ3v) is 7.87. The van der Waals surface area contributed by atoms with Crippen molar-refractivity contribution in [1.82, 2.24) is 0 Å². The minimum absolute atomic E-state index is 0.888. The Morgan fingerprint density at radius 3 is 1.50 bits per heavy atom. The van der Waals surface area contributed by atoms with Gasteiger partial charge in [-0.1, -0.05) is 109 Å². The van der Waals surface area contributed by atoms with Crippen LogP contribution in [0, 0.1) is 0 Å². The molecule has 0 fully saturated rings. The van der Waals surface area contributed by atoms with Crippen LogP contribution in [0.1, 0.15) is 115 Å². The zero-order valence-corrected chi connectivity index (χ0v) is 21.4. The number of hydrogen-bond acceptors (Lipinski definition) is 3. The molecule has 0 saturated heterocycles. The van der Waals surface area contributed by atoms with Crippen molar-refractivity contribution in [2.75, 3.05) is 21.3 Å². The van der Waals surface area contributed by atoms with Crippen molar-refractivity contribution in [2.45, 2.75) is 116 Å². The molecule has 30 heavy (non-hydrogen) atoms. The first kappa shape index (κ1) is 27.0. The average molecular weight is 437 g/mol. The van der Waals surface area contributed by atoms with Crippen LogP contribution in [-0.4, -0.2) is 30.0 Å². The van der Waals surface area contributed by atoms with Crippen molar-refractivity contribution in [3.05, 3.63) is 17.3 Å². The number of ether oxygens (including phenoxy) is 2. The molecule has 0 aliphatic heterocycles. The summed E-state index contributed by atoms with van der Waals surface area (Å²) in [6.07, 6.45) is 23.5. The van der Waals surface area contributed by atoms with Gasteiger partial charge in [0, 0.05) is 0 Å². The zero-order chi connectivity index (χ0) is 21.9. The van der Waals surface area contributed by atoms with Crippen LogP contribution in [0.15, 0.2) is 11.7 Å². The van der Waals surface area contributed by atoms with E-state index >= 15 is 0 Å². The summed E-state index contributed by atoms with van der Waals surface area (Å²) in [6.45, 7) is 2.29. The highest BCUT2D eigenvalue weighted by molar-refractivity contribution is 6.50. The Morgan fingerprint density at radius 1 is 0.633 bits per heavy atom. The van der Waals surface area contributed by atoms with Crippen LogP contribution in [0.25, 0.3) is 0 Å². The highest BCUT2D eigenvalue weighted by Crippen LogP contribution is 2.31. The van der Waals surface area contributed by atoms with Crippen molar-refractivity contribution in [3.8, 4) is 11.1 Å². The zero-order valence-electron chi connectivity index (χ0n) is 20.4. The van der Waals surface area contributed by atoms with E-state index in [1.807, 2.05) is 0 Å². The third kappa shape index (κ3) is 11.4. The van der Waals surface area contributed by atoms with Gasteiger partial charge in [-0.15, -0.1) is 0 Å². The lowest BCUT2D eigenvalue weighted by molar-refractivity contribution is 0.351. The van der Waals surface area contributed by atoms with Gasteiger partial charge in [-0.25, -0.2) is 0 Å². The number of hydrogen-bond donors (Lipinski definition) is 0. The van der Waals surface area contributed by atoms with Crippen molar-refractivity contribution in [1.29, 1.82) is 0 Å². The molecule has 0 bridgehead atoms. The van der Waals surface area contributed by atoms with Crippen molar-refractivity contribution < 1.29 is 13.9 Å². The fourth-order valence-electron chi connectivity index (χ4n) is 4.22. The summed E-state index contributed by atoms with van der Waals surface area (Å²) in [5.74, 6) is 0.900. The predicted molar refractivity (Wildman–Crippen MR) is 131 cm³/mol. The lowest BCUT2D eigenvalue weighted by Gasteiger charge is -2.15. The molecule has 4 heteroatoms. The second-order valence-corrected chi connectivity index (χ2v) is 10.5. The van der Waals surface area contributed by atoms with E-state index < -0.39 is 8.64 Å². The Bertz CT molecular complexity index is 533. The molecule has 0 aliphatic rings. The smallest absolute Gasteiger partial charge is 0.312 e. The molecular weight excluding hydrogens is 388 g/mol. The second kappa shape index (κ2) is 18.7. The molecule has 3 nitrogen and oxygen atoms in total. The van der Waals surface area contributed by atoms with Crippen molar-refractivity contribution >= 4 is 8.64 Å². The summed E-state index contributed by atoms with van der Waals surface area (Å²) >= 11 is 0. The van der Waals surface area contributed by atoms with Crippen LogP contribution in [0.2, 0.25) is 0 Å². The van der Waals surface area contributed by atoms with Gasteiger partial charge in [0.1, 0.15) is 0 Å². The fourth-order valence-corrected chi connectivity index (χ4v) is 5.74. The van der Waals surface area contributed by atoms with Gasteiger partial charge in [0.25, 0.3) is 0 Å². The van der Waals surface area contributed by atoms with Crippen LogP contribution in [0.3, 0.4) is 0 Å². The van der Waals surface area contributed by atoms with Crippen LogP contribution in [-0.2, 0) is 6.42 Å². The standard InChI is InChI=1S/C26H48O3Si/c1-5-6-7-8-9-10-11-12-13-14-15-16-17-18-19-20-21-24-22-23-30(29-4)26(28-3)25(24)27-2/h22-23H,5-21H2,1-4H3. The lowest BCUT2D eigenvalue weighted by atomic mass is 10.0. The number of rotatable bonds is 20. The molecule has 0 aliphatic carbocycles. The molecule has 1 aromatic heterocycles. The molecule has 0 aromatic carbocycles. The van der Waals surface area contributed by atoms with Gasteiger partial charge in [-0.05, 0) is 24.1 Å². The molecule has 0 atom stereocenters. The summed E-state index contributed by atoms with van der Waals surface area (Å²) in [5, 5.41) is 0.888. The first-order chi connectivity index (χ1) is 14.8. The third-order valence-electron chi connectivity index (χ3n) is 6.09. The first-order valence-corrected chi connectivity index (χ1v) is 14.0. The van der Waals surface area contributed by atoms with Crippen molar-refractivity contribution in [2.24, 2.45) is 0 Å². The Labute approximate surface area is 188 Å². The average Bonchev–Trinajstić information content (AvgIpc) is 2.78. The number of methoxy groups -OCH3 is 2. The molecule has 0 saturated carbocycles. The van der Waals surface area contributed by atoms with Gasteiger partial charge in [-0.3, -0.25) is 0 Å². The quantitative estimate of drug-likeness (QED) is 0.156. The summed E-state index contributed by atoms with van der Waals surface area (Å²) < 4.78 is 16.7. The van der Waals surface area contributed by atoms with E-state index in [-0.39, 0.29) is 0 Å². The first-order valence-electron chi connectivity index (χ1n) is 12.6. The highest BCUT2D eigenvalue weighted by atomic mass is 28.3. The molecule has 0 N–H and O–H groups in total. The van der Waals surface area contributed by atoms with E-state index in [1.54, 1.807) is 21.3 Å². The van der Waals surface area contributed by atoms with Gasteiger partial charge in [0.05, 0.1) is 21.3 Å². The van der Waals surface area contributed by atoms with E-state index in [1.165, 1.54) is 108 Å². The summed E-state index contributed by atoms with van der Waals surface area (Å²) in [5.41, 5.74) is 3.42.